The SMILES string of the molecule is COc1ccc(S(=O)(=O)NCCCN2CCc3ccccc32)cc1C(=O)N1CCOCC1. The number of rotatable bonds is 8. The molecule has 0 saturated carbocycles. The zero-order valence-corrected chi connectivity index (χ0v) is 19.1. The maximum atomic E-state index is 12.9. The Morgan fingerprint density at radius 2 is 1.91 bits per heavy atom. The van der Waals surface area contributed by atoms with E-state index in [0.29, 0.717) is 45.0 Å². The molecule has 8 nitrogen and oxygen atoms in total. The number of nitrogens with zero attached hydrogens (tertiary/aromatic N) is 2. The highest BCUT2D eigenvalue weighted by molar-refractivity contribution is 7.89. The molecule has 0 spiro atoms. The normalized spacial score (nSPS) is 16.2. The van der Waals surface area contributed by atoms with E-state index in [2.05, 4.69) is 21.8 Å². The van der Waals surface area contributed by atoms with Gasteiger partial charge in [-0.05, 0) is 42.7 Å². The summed E-state index contributed by atoms with van der Waals surface area (Å²) in [6.45, 7) is 3.93. The van der Waals surface area contributed by atoms with Gasteiger partial charge in [0.05, 0.1) is 30.8 Å². The van der Waals surface area contributed by atoms with Crippen molar-refractivity contribution in [2.24, 2.45) is 0 Å². The van der Waals surface area contributed by atoms with E-state index in [9.17, 15) is 13.2 Å². The average molecular weight is 460 g/mol. The summed E-state index contributed by atoms with van der Waals surface area (Å²) in [5.41, 5.74) is 2.81. The zero-order chi connectivity index (χ0) is 22.6. The molecule has 32 heavy (non-hydrogen) atoms. The quantitative estimate of drug-likeness (QED) is 0.607. The number of nitrogens with one attached hydrogen (secondary N) is 1. The minimum Gasteiger partial charge on any atom is -0.496 e. The number of morpholine rings is 1. The van der Waals surface area contributed by atoms with Gasteiger partial charge in [0.2, 0.25) is 10.0 Å². The highest BCUT2D eigenvalue weighted by atomic mass is 32.2. The number of hydrogen-bond donors (Lipinski definition) is 1. The number of ether oxygens (including phenoxy) is 2. The zero-order valence-electron chi connectivity index (χ0n) is 18.2. The van der Waals surface area contributed by atoms with E-state index in [0.717, 1.165) is 19.5 Å². The minimum atomic E-state index is -3.75. The first kappa shape index (κ1) is 22.6. The number of amides is 1. The number of hydrogen-bond acceptors (Lipinski definition) is 6. The topological polar surface area (TPSA) is 88.2 Å². The summed E-state index contributed by atoms with van der Waals surface area (Å²) >= 11 is 0. The van der Waals surface area contributed by atoms with Crippen LogP contribution in [-0.4, -0.2) is 72.3 Å². The van der Waals surface area contributed by atoms with E-state index in [1.165, 1.54) is 36.6 Å². The second-order valence-corrected chi connectivity index (χ2v) is 9.65. The molecule has 0 atom stereocenters. The van der Waals surface area contributed by atoms with E-state index in [4.69, 9.17) is 9.47 Å². The lowest BCUT2D eigenvalue weighted by molar-refractivity contribution is 0.0300. The number of carbonyl (C=O) groups is 1. The molecule has 2 aliphatic heterocycles. The van der Waals surface area contributed by atoms with Gasteiger partial charge in [-0.3, -0.25) is 4.79 Å². The Balaban J connectivity index is 1.39. The van der Waals surface area contributed by atoms with Crippen LogP contribution in [0, 0.1) is 0 Å². The Morgan fingerprint density at radius 3 is 2.69 bits per heavy atom. The van der Waals surface area contributed by atoms with Crippen LogP contribution in [0.2, 0.25) is 0 Å². The van der Waals surface area contributed by atoms with E-state index < -0.39 is 10.0 Å². The van der Waals surface area contributed by atoms with Crippen LogP contribution >= 0.6 is 0 Å². The highest BCUT2D eigenvalue weighted by Gasteiger charge is 2.25. The fourth-order valence-corrected chi connectivity index (χ4v) is 5.26. The number of fused-ring (bicyclic) bond motifs is 1. The van der Waals surface area contributed by atoms with Gasteiger partial charge in [0, 0.05) is 38.4 Å². The van der Waals surface area contributed by atoms with Crippen molar-refractivity contribution < 1.29 is 22.7 Å². The van der Waals surface area contributed by atoms with Gasteiger partial charge < -0.3 is 19.3 Å². The van der Waals surface area contributed by atoms with Gasteiger partial charge >= 0.3 is 0 Å². The third kappa shape index (κ3) is 4.90. The maximum Gasteiger partial charge on any atom is 0.257 e. The number of para-hydroxylation sites is 1. The summed E-state index contributed by atoms with van der Waals surface area (Å²) in [5, 5.41) is 0. The smallest absolute Gasteiger partial charge is 0.257 e. The summed E-state index contributed by atoms with van der Waals surface area (Å²) in [6, 6.07) is 12.7. The third-order valence-corrected chi connectivity index (χ3v) is 7.35. The first-order chi connectivity index (χ1) is 15.5. The second-order valence-electron chi connectivity index (χ2n) is 7.88. The monoisotopic (exact) mass is 459 g/mol. The molecule has 1 amide bonds. The van der Waals surface area contributed by atoms with Gasteiger partial charge in [0.1, 0.15) is 5.75 Å². The second kappa shape index (κ2) is 9.89. The predicted molar refractivity (Wildman–Crippen MR) is 122 cm³/mol. The molecule has 1 N–H and O–H groups in total. The number of anilines is 1. The Kier molecular flexibility index (Phi) is 6.98. The first-order valence-corrected chi connectivity index (χ1v) is 12.4. The number of benzene rings is 2. The van der Waals surface area contributed by atoms with E-state index in [-0.39, 0.29) is 16.4 Å². The summed E-state index contributed by atoms with van der Waals surface area (Å²) in [5.74, 6) is 0.100. The van der Waals surface area contributed by atoms with Crippen LogP contribution in [0.4, 0.5) is 5.69 Å². The number of sulfonamides is 1. The molecular formula is C23H29N3O5S. The van der Waals surface area contributed by atoms with Crippen molar-refractivity contribution in [3.05, 3.63) is 53.6 Å². The van der Waals surface area contributed by atoms with Gasteiger partial charge in [-0.15, -0.1) is 0 Å². The molecular weight excluding hydrogens is 430 g/mol. The van der Waals surface area contributed by atoms with Crippen molar-refractivity contribution in [2.45, 2.75) is 17.7 Å². The summed E-state index contributed by atoms with van der Waals surface area (Å²) in [6.07, 6.45) is 1.71. The van der Waals surface area contributed by atoms with Crippen molar-refractivity contribution in [1.29, 1.82) is 0 Å². The van der Waals surface area contributed by atoms with E-state index in [1.807, 2.05) is 12.1 Å². The number of methoxy groups -OCH3 is 1. The maximum absolute atomic E-state index is 12.9. The summed E-state index contributed by atoms with van der Waals surface area (Å²) in [4.78, 5) is 16.9. The molecule has 1 fully saturated rings. The fraction of sp³-hybridized carbons (Fsp3) is 0.435. The molecule has 0 radical (unpaired) electrons. The first-order valence-electron chi connectivity index (χ1n) is 10.9. The Morgan fingerprint density at radius 1 is 1.12 bits per heavy atom. The Labute approximate surface area is 189 Å². The van der Waals surface area contributed by atoms with Crippen LogP contribution in [0.25, 0.3) is 0 Å². The van der Waals surface area contributed by atoms with Gasteiger partial charge in [-0.1, -0.05) is 18.2 Å². The van der Waals surface area contributed by atoms with Crippen molar-refractivity contribution in [2.75, 3.05) is 57.9 Å². The molecule has 1 saturated heterocycles. The molecule has 2 aromatic rings. The molecule has 4 rings (SSSR count). The van der Waals surface area contributed by atoms with Crippen LogP contribution in [0.3, 0.4) is 0 Å². The summed E-state index contributed by atoms with van der Waals surface area (Å²) < 4.78 is 39.0. The predicted octanol–water partition coefficient (Wildman–Crippen LogP) is 1.90. The molecule has 0 bridgehead atoms. The van der Waals surface area contributed by atoms with E-state index in [1.54, 1.807) is 4.90 Å². The van der Waals surface area contributed by atoms with Crippen LogP contribution < -0.4 is 14.4 Å². The van der Waals surface area contributed by atoms with Gasteiger partial charge in [-0.2, -0.15) is 0 Å². The van der Waals surface area contributed by atoms with Gasteiger partial charge in [-0.25, -0.2) is 13.1 Å². The molecule has 9 heteroatoms. The molecule has 0 unspecified atom stereocenters. The van der Waals surface area contributed by atoms with Crippen LogP contribution in [-0.2, 0) is 21.2 Å². The molecule has 172 valence electrons. The van der Waals surface area contributed by atoms with Crippen LogP contribution in [0.1, 0.15) is 22.3 Å². The van der Waals surface area contributed by atoms with Crippen LogP contribution in [0.5, 0.6) is 5.75 Å². The minimum absolute atomic E-state index is 0.0569. The lowest BCUT2D eigenvalue weighted by atomic mass is 10.1. The van der Waals surface area contributed by atoms with Crippen molar-refractivity contribution in [1.82, 2.24) is 9.62 Å². The Bertz CT molecular complexity index is 1070. The highest BCUT2D eigenvalue weighted by Crippen LogP contribution is 2.27. The van der Waals surface area contributed by atoms with Crippen molar-refractivity contribution in [3.63, 3.8) is 0 Å². The van der Waals surface area contributed by atoms with Crippen molar-refractivity contribution in [3.8, 4) is 5.75 Å². The summed E-state index contributed by atoms with van der Waals surface area (Å²) in [7, 11) is -2.28. The van der Waals surface area contributed by atoms with Gasteiger partial charge in [0.15, 0.2) is 0 Å². The van der Waals surface area contributed by atoms with Gasteiger partial charge in [0.25, 0.3) is 5.91 Å². The molecule has 2 aromatic carbocycles. The lowest BCUT2D eigenvalue weighted by Crippen LogP contribution is -2.40. The fourth-order valence-electron chi connectivity index (χ4n) is 4.16. The largest absolute Gasteiger partial charge is 0.496 e. The molecule has 2 heterocycles. The Hall–Kier alpha value is -2.62. The molecule has 0 aliphatic carbocycles. The molecule has 2 aliphatic rings. The lowest BCUT2D eigenvalue weighted by Gasteiger charge is -2.27. The standard InChI is InChI=1S/C23H29N3O5S/c1-30-22-8-7-19(17-20(22)23(27)26-13-15-31-16-14-26)32(28,29)24-10-4-11-25-12-9-18-5-2-3-6-21(18)25/h2-3,5-8,17,24H,4,9-16H2,1H3. The third-order valence-electron chi connectivity index (χ3n) is 5.89. The average Bonchev–Trinajstić information content (AvgIpc) is 3.24. The van der Waals surface area contributed by atoms with Crippen LogP contribution in [0.15, 0.2) is 47.4 Å². The van der Waals surface area contributed by atoms with Crippen molar-refractivity contribution >= 4 is 21.6 Å². The molecule has 0 aromatic heterocycles. The van der Waals surface area contributed by atoms with E-state index >= 15 is 0 Å². The number of carbonyl (C=O) groups excluding carboxylic acids is 1.